The fourth-order valence-electron chi connectivity index (χ4n) is 2.09. The normalized spacial score (nSPS) is 24.5. The van der Waals surface area contributed by atoms with Crippen LogP contribution in [0.15, 0.2) is 12.4 Å². The van der Waals surface area contributed by atoms with E-state index in [-0.39, 0.29) is 18.1 Å². The molecule has 1 aromatic rings. The molecule has 6 heteroatoms. The molecule has 94 valence electrons. The lowest BCUT2D eigenvalue weighted by Crippen LogP contribution is -2.38. The number of aromatic nitrogens is 3. The van der Waals surface area contributed by atoms with Crippen LogP contribution < -0.4 is 5.32 Å². The molecular weight excluding hydrogens is 220 g/mol. The minimum absolute atomic E-state index is 0.0434. The Morgan fingerprint density at radius 1 is 1.41 bits per heavy atom. The highest BCUT2D eigenvalue weighted by molar-refractivity contribution is 5.76. The van der Waals surface area contributed by atoms with E-state index in [4.69, 9.17) is 0 Å². The molecule has 1 aliphatic carbocycles. The van der Waals surface area contributed by atoms with Gasteiger partial charge in [-0.15, -0.1) is 5.10 Å². The molecular formula is C11H18N4O2. The smallest absolute Gasteiger partial charge is 0.222 e. The summed E-state index contributed by atoms with van der Waals surface area (Å²) in [6, 6.07) is 0.224. The van der Waals surface area contributed by atoms with E-state index in [0.717, 1.165) is 25.7 Å². The number of nitrogens with one attached hydrogen (secondary N) is 1. The molecule has 2 rings (SSSR count). The molecule has 1 saturated carbocycles. The summed E-state index contributed by atoms with van der Waals surface area (Å²) in [6.45, 7) is 0.557. The highest BCUT2D eigenvalue weighted by Gasteiger charge is 2.20. The number of rotatable bonds is 4. The number of amides is 1. The van der Waals surface area contributed by atoms with Gasteiger partial charge in [0.1, 0.15) is 0 Å². The van der Waals surface area contributed by atoms with Gasteiger partial charge >= 0.3 is 0 Å². The van der Waals surface area contributed by atoms with Gasteiger partial charge in [0.15, 0.2) is 0 Å². The summed E-state index contributed by atoms with van der Waals surface area (Å²) in [6.07, 6.45) is 6.89. The Hall–Kier alpha value is -1.43. The summed E-state index contributed by atoms with van der Waals surface area (Å²) in [4.78, 5) is 11.7. The Balaban J connectivity index is 1.67. The number of aliphatic hydroxyl groups is 1. The van der Waals surface area contributed by atoms with Crippen molar-refractivity contribution in [1.82, 2.24) is 20.3 Å². The first kappa shape index (κ1) is 12.0. The number of nitrogens with zero attached hydrogens (tertiary/aromatic N) is 3. The van der Waals surface area contributed by atoms with Crippen molar-refractivity contribution < 1.29 is 9.90 Å². The van der Waals surface area contributed by atoms with Crippen LogP contribution >= 0.6 is 0 Å². The molecule has 0 saturated heterocycles. The van der Waals surface area contributed by atoms with Crippen LogP contribution in [-0.2, 0) is 11.3 Å². The third-order valence-electron chi connectivity index (χ3n) is 3.10. The van der Waals surface area contributed by atoms with E-state index in [0.29, 0.717) is 13.0 Å². The van der Waals surface area contributed by atoms with Crippen LogP contribution in [0.5, 0.6) is 0 Å². The van der Waals surface area contributed by atoms with E-state index in [1.54, 1.807) is 17.1 Å². The number of carbonyl (C=O) groups is 1. The minimum atomic E-state index is -0.182. The largest absolute Gasteiger partial charge is 0.393 e. The quantitative estimate of drug-likeness (QED) is 0.779. The molecule has 2 N–H and O–H groups in total. The lowest BCUT2D eigenvalue weighted by molar-refractivity contribution is -0.122. The van der Waals surface area contributed by atoms with Crippen LogP contribution in [0.1, 0.15) is 32.1 Å². The van der Waals surface area contributed by atoms with Crippen LogP contribution in [0.4, 0.5) is 0 Å². The molecule has 1 amide bonds. The standard InChI is InChI=1S/C11H18N4O2/c16-10-3-1-9(2-4-10)13-11(17)5-7-15-8-6-12-14-15/h6,8-10,16H,1-5,7H2,(H,13,17). The Labute approximate surface area is 100 Å². The van der Waals surface area contributed by atoms with E-state index in [9.17, 15) is 9.90 Å². The summed E-state index contributed by atoms with van der Waals surface area (Å²) >= 11 is 0. The molecule has 17 heavy (non-hydrogen) atoms. The topological polar surface area (TPSA) is 80.0 Å². The maximum absolute atomic E-state index is 11.7. The summed E-state index contributed by atoms with van der Waals surface area (Å²) in [5.41, 5.74) is 0. The van der Waals surface area contributed by atoms with Crippen molar-refractivity contribution in [2.45, 2.75) is 50.8 Å². The van der Waals surface area contributed by atoms with Crippen molar-refractivity contribution in [3.05, 3.63) is 12.4 Å². The first-order valence-electron chi connectivity index (χ1n) is 6.05. The average molecular weight is 238 g/mol. The van der Waals surface area contributed by atoms with Crippen molar-refractivity contribution in [2.24, 2.45) is 0 Å². The molecule has 0 bridgehead atoms. The second-order valence-corrected chi connectivity index (χ2v) is 4.49. The third kappa shape index (κ3) is 3.81. The fourth-order valence-corrected chi connectivity index (χ4v) is 2.09. The second-order valence-electron chi connectivity index (χ2n) is 4.49. The lowest BCUT2D eigenvalue weighted by atomic mass is 9.93. The zero-order valence-corrected chi connectivity index (χ0v) is 9.75. The Morgan fingerprint density at radius 3 is 2.82 bits per heavy atom. The van der Waals surface area contributed by atoms with Crippen LogP contribution in [0, 0.1) is 0 Å². The maximum Gasteiger partial charge on any atom is 0.222 e. The molecule has 0 aromatic carbocycles. The number of carbonyl (C=O) groups excluding carboxylic acids is 1. The van der Waals surface area contributed by atoms with Gasteiger partial charge in [-0.05, 0) is 25.7 Å². The SMILES string of the molecule is O=C(CCn1ccnn1)NC1CCC(O)CC1. The van der Waals surface area contributed by atoms with Crippen molar-refractivity contribution in [1.29, 1.82) is 0 Å². The second kappa shape index (κ2) is 5.77. The van der Waals surface area contributed by atoms with Crippen LogP contribution in [0.2, 0.25) is 0 Å². The van der Waals surface area contributed by atoms with Crippen LogP contribution in [-0.4, -0.2) is 38.2 Å². The Bertz CT molecular complexity index is 344. The van der Waals surface area contributed by atoms with Crippen molar-refractivity contribution >= 4 is 5.91 Å². The summed E-state index contributed by atoms with van der Waals surface area (Å²) < 4.78 is 1.64. The monoisotopic (exact) mass is 238 g/mol. The van der Waals surface area contributed by atoms with E-state index < -0.39 is 0 Å². The molecule has 1 aliphatic rings. The van der Waals surface area contributed by atoms with Gasteiger partial charge in [-0.1, -0.05) is 5.21 Å². The molecule has 0 radical (unpaired) electrons. The number of hydrogen-bond donors (Lipinski definition) is 2. The molecule has 0 atom stereocenters. The van der Waals surface area contributed by atoms with Gasteiger partial charge in [0.2, 0.25) is 5.91 Å². The van der Waals surface area contributed by atoms with Crippen LogP contribution in [0.3, 0.4) is 0 Å². The van der Waals surface area contributed by atoms with Crippen molar-refractivity contribution in [3.8, 4) is 0 Å². The predicted molar refractivity (Wildman–Crippen MR) is 61.0 cm³/mol. The number of aryl methyl sites for hydroxylation is 1. The van der Waals surface area contributed by atoms with Crippen molar-refractivity contribution in [2.75, 3.05) is 0 Å². The van der Waals surface area contributed by atoms with Crippen molar-refractivity contribution in [3.63, 3.8) is 0 Å². The van der Waals surface area contributed by atoms with E-state index in [1.165, 1.54) is 0 Å². The summed E-state index contributed by atoms with van der Waals surface area (Å²) in [5, 5.41) is 19.8. The Morgan fingerprint density at radius 2 is 2.18 bits per heavy atom. The first-order valence-corrected chi connectivity index (χ1v) is 6.05. The van der Waals surface area contributed by atoms with E-state index in [2.05, 4.69) is 15.6 Å². The highest BCUT2D eigenvalue weighted by atomic mass is 16.3. The van der Waals surface area contributed by atoms with Gasteiger partial charge in [0, 0.05) is 18.7 Å². The zero-order chi connectivity index (χ0) is 12.1. The summed E-state index contributed by atoms with van der Waals surface area (Å²) in [7, 11) is 0. The maximum atomic E-state index is 11.7. The van der Waals surface area contributed by atoms with Gasteiger partial charge in [-0.25, -0.2) is 0 Å². The molecule has 0 unspecified atom stereocenters. The van der Waals surface area contributed by atoms with Gasteiger partial charge in [0.25, 0.3) is 0 Å². The molecule has 1 aromatic heterocycles. The molecule has 1 heterocycles. The van der Waals surface area contributed by atoms with Gasteiger partial charge in [-0.3, -0.25) is 9.48 Å². The summed E-state index contributed by atoms with van der Waals surface area (Å²) in [5.74, 6) is 0.0434. The Kier molecular flexibility index (Phi) is 4.08. The molecule has 6 nitrogen and oxygen atoms in total. The number of aliphatic hydroxyl groups excluding tert-OH is 1. The zero-order valence-electron chi connectivity index (χ0n) is 9.75. The predicted octanol–water partition coefficient (Wildman–Crippen LogP) is 0.0879. The third-order valence-corrected chi connectivity index (χ3v) is 3.10. The van der Waals surface area contributed by atoms with E-state index >= 15 is 0 Å². The van der Waals surface area contributed by atoms with Gasteiger partial charge in [-0.2, -0.15) is 0 Å². The highest BCUT2D eigenvalue weighted by Crippen LogP contribution is 2.18. The fraction of sp³-hybridized carbons (Fsp3) is 0.727. The molecule has 0 spiro atoms. The van der Waals surface area contributed by atoms with E-state index in [1.807, 2.05) is 0 Å². The van der Waals surface area contributed by atoms with Crippen LogP contribution in [0.25, 0.3) is 0 Å². The number of hydrogen-bond acceptors (Lipinski definition) is 4. The average Bonchev–Trinajstić information content (AvgIpc) is 2.83. The lowest BCUT2D eigenvalue weighted by Gasteiger charge is -2.26. The molecule has 0 aliphatic heterocycles. The van der Waals surface area contributed by atoms with Gasteiger partial charge in [0.05, 0.1) is 18.8 Å². The molecule has 1 fully saturated rings. The van der Waals surface area contributed by atoms with Gasteiger partial charge < -0.3 is 10.4 Å². The minimum Gasteiger partial charge on any atom is -0.393 e. The first-order chi connectivity index (χ1) is 8.24.